The summed E-state index contributed by atoms with van der Waals surface area (Å²) in [6.45, 7) is 6.87. The van der Waals surface area contributed by atoms with E-state index in [0.29, 0.717) is 29.7 Å². The smallest absolute Gasteiger partial charge is 0.408 e. The number of hydrogen-bond acceptors (Lipinski definition) is 7. The Morgan fingerprint density at radius 3 is 2.32 bits per heavy atom. The molecule has 202 valence electrons. The molecule has 1 aromatic carbocycles. The van der Waals surface area contributed by atoms with Crippen molar-refractivity contribution < 1.29 is 28.7 Å². The van der Waals surface area contributed by atoms with Crippen LogP contribution < -0.4 is 10.6 Å². The van der Waals surface area contributed by atoms with Gasteiger partial charge in [-0.2, -0.15) is 11.8 Å². The quantitative estimate of drug-likeness (QED) is 0.333. The highest BCUT2D eigenvalue weighted by Gasteiger charge is 2.48. The molecule has 4 atom stereocenters. The van der Waals surface area contributed by atoms with Gasteiger partial charge in [0.25, 0.3) is 0 Å². The van der Waals surface area contributed by atoms with E-state index in [9.17, 15) is 19.2 Å². The van der Waals surface area contributed by atoms with Gasteiger partial charge in [-0.05, 0) is 69.2 Å². The lowest BCUT2D eigenvalue weighted by Crippen LogP contribution is -2.54. The Labute approximate surface area is 223 Å². The highest BCUT2D eigenvalue weighted by molar-refractivity contribution is 7.98. The van der Waals surface area contributed by atoms with Crippen molar-refractivity contribution in [2.24, 2.45) is 5.92 Å². The second kappa shape index (κ2) is 13.4. The number of benzene rings is 1. The third-order valence-electron chi connectivity index (χ3n) is 5.83. The second-order valence-corrected chi connectivity index (χ2v) is 11.0. The van der Waals surface area contributed by atoms with Gasteiger partial charge in [0, 0.05) is 11.6 Å². The lowest BCUT2D eigenvalue weighted by Gasteiger charge is -2.35. The van der Waals surface area contributed by atoms with Crippen LogP contribution in [-0.4, -0.2) is 72.1 Å². The highest BCUT2D eigenvalue weighted by Crippen LogP contribution is 2.41. The van der Waals surface area contributed by atoms with Crippen LogP contribution in [0.25, 0.3) is 0 Å². The first-order valence-electron chi connectivity index (χ1n) is 12.1. The zero-order valence-electron chi connectivity index (χ0n) is 22.3. The van der Waals surface area contributed by atoms with Crippen LogP contribution in [0.1, 0.15) is 57.7 Å². The molecule has 37 heavy (non-hydrogen) atoms. The molecule has 10 heteroatoms. The van der Waals surface area contributed by atoms with Crippen molar-refractivity contribution >= 4 is 35.6 Å². The number of rotatable bonds is 11. The minimum absolute atomic E-state index is 0.160. The van der Waals surface area contributed by atoms with Crippen LogP contribution in [0.2, 0.25) is 0 Å². The van der Waals surface area contributed by atoms with E-state index < -0.39 is 41.6 Å². The number of amides is 3. The van der Waals surface area contributed by atoms with Gasteiger partial charge >= 0.3 is 12.1 Å². The molecule has 1 aliphatic rings. The molecule has 0 radical (unpaired) electrons. The van der Waals surface area contributed by atoms with Gasteiger partial charge in [0.1, 0.15) is 24.2 Å². The van der Waals surface area contributed by atoms with Crippen LogP contribution in [-0.2, 0) is 23.9 Å². The molecular weight excluding hydrogens is 494 g/mol. The Hall–Kier alpha value is -3.19. The van der Waals surface area contributed by atoms with Crippen LogP contribution in [0.3, 0.4) is 0 Å². The summed E-state index contributed by atoms with van der Waals surface area (Å²) in [5.74, 6) is 1.76. The summed E-state index contributed by atoms with van der Waals surface area (Å²) in [5, 5.41) is 5.29. The van der Waals surface area contributed by atoms with Gasteiger partial charge in [-0.1, -0.05) is 25.0 Å². The number of carbonyl (C=O) groups is 4. The number of thioether (sulfide) groups is 1. The van der Waals surface area contributed by atoms with E-state index in [0.717, 1.165) is 0 Å². The van der Waals surface area contributed by atoms with Crippen molar-refractivity contribution in [3.63, 3.8) is 0 Å². The number of methoxy groups -OCH3 is 1. The van der Waals surface area contributed by atoms with E-state index in [-0.39, 0.29) is 18.5 Å². The number of ether oxygens (including phenoxy) is 2. The van der Waals surface area contributed by atoms with Crippen molar-refractivity contribution in [2.75, 3.05) is 25.7 Å². The minimum atomic E-state index is -1.05. The van der Waals surface area contributed by atoms with Crippen molar-refractivity contribution in [2.45, 2.75) is 64.3 Å². The monoisotopic (exact) mass is 531 g/mol. The Kier molecular flexibility index (Phi) is 10.9. The van der Waals surface area contributed by atoms with Gasteiger partial charge in [-0.25, -0.2) is 4.79 Å². The Morgan fingerprint density at radius 1 is 1.22 bits per heavy atom. The van der Waals surface area contributed by atoms with Gasteiger partial charge in [-0.15, -0.1) is 6.42 Å². The van der Waals surface area contributed by atoms with Crippen molar-refractivity contribution in [1.29, 1.82) is 0 Å². The third-order valence-corrected chi connectivity index (χ3v) is 6.48. The summed E-state index contributed by atoms with van der Waals surface area (Å²) >= 11 is 1.54. The van der Waals surface area contributed by atoms with E-state index in [1.807, 2.05) is 13.2 Å². The summed E-state index contributed by atoms with van der Waals surface area (Å²) in [7, 11) is 1.23. The largest absolute Gasteiger partial charge is 0.468 e. The van der Waals surface area contributed by atoms with E-state index in [2.05, 4.69) is 21.3 Å². The van der Waals surface area contributed by atoms with Crippen molar-refractivity contribution in [1.82, 2.24) is 15.5 Å². The maximum absolute atomic E-state index is 14.1. The number of esters is 1. The lowest BCUT2D eigenvalue weighted by molar-refractivity contribution is -0.145. The normalized spacial score (nSPS) is 18.0. The summed E-state index contributed by atoms with van der Waals surface area (Å²) in [6, 6.07) is 4.61. The summed E-state index contributed by atoms with van der Waals surface area (Å²) < 4.78 is 10.0. The maximum Gasteiger partial charge on any atom is 0.408 e. The Bertz CT molecular complexity index is 1010. The van der Waals surface area contributed by atoms with Gasteiger partial charge in [0.05, 0.1) is 7.11 Å². The molecule has 1 aliphatic carbocycles. The molecule has 1 saturated carbocycles. The predicted octanol–water partition coefficient (Wildman–Crippen LogP) is 2.88. The van der Waals surface area contributed by atoms with Gasteiger partial charge in [0.15, 0.2) is 0 Å². The standard InChI is InChI=1S/C27H37N3O6S/c1-8-18-9-11-19(12-10-18)23(24(32)28-16-22(31)35-6)30(21-15-17(21)2)25(33)20(13-14-37-7)29-26(34)36-27(3,4)5/h1,9-12,17,20-21,23H,13-16H2,2-7H3,(H,28,32)(H,29,34). The fourth-order valence-corrected chi connectivity index (χ4v) is 4.29. The fraction of sp³-hybridized carbons (Fsp3) is 0.556. The molecule has 0 spiro atoms. The molecule has 4 unspecified atom stereocenters. The number of nitrogens with one attached hydrogen (secondary N) is 2. The molecule has 2 N–H and O–H groups in total. The minimum Gasteiger partial charge on any atom is -0.468 e. The van der Waals surface area contributed by atoms with Crippen LogP contribution >= 0.6 is 11.8 Å². The molecule has 2 rings (SSSR count). The number of nitrogens with zero attached hydrogens (tertiary/aromatic N) is 1. The summed E-state index contributed by atoms with van der Waals surface area (Å²) in [5.41, 5.74) is 0.422. The molecule has 1 fully saturated rings. The molecule has 0 bridgehead atoms. The predicted molar refractivity (Wildman–Crippen MR) is 143 cm³/mol. The Balaban J connectivity index is 2.47. The molecule has 0 saturated heterocycles. The molecule has 0 aromatic heterocycles. The number of carbonyl (C=O) groups excluding carboxylic acids is 4. The molecule has 3 amide bonds. The molecule has 0 heterocycles. The van der Waals surface area contributed by atoms with Gasteiger partial charge in [-0.3, -0.25) is 14.4 Å². The summed E-state index contributed by atoms with van der Waals surface area (Å²) in [4.78, 5) is 53.4. The first-order chi connectivity index (χ1) is 17.4. The Morgan fingerprint density at radius 2 is 1.84 bits per heavy atom. The van der Waals surface area contributed by atoms with E-state index in [4.69, 9.17) is 11.2 Å². The van der Waals surface area contributed by atoms with Crippen LogP contribution in [0.4, 0.5) is 4.79 Å². The molecule has 0 aliphatic heterocycles. The molecule has 1 aromatic rings. The van der Waals surface area contributed by atoms with Crippen molar-refractivity contribution in [3.05, 3.63) is 35.4 Å². The molecule has 9 nitrogen and oxygen atoms in total. The fourth-order valence-electron chi connectivity index (χ4n) is 3.82. The zero-order valence-corrected chi connectivity index (χ0v) is 23.1. The van der Waals surface area contributed by atoms with Gasteiger partial charge < -0.3 is 25.0 Å². The van der Waals surface area contributed by atoms with Crippen molar-refractivity contribution in [3.8, 4) is 12.3 Å². The SMILES string of the molecule is C#Cc1ccc(C(C(=O)NCC(=O)OC)N(C(=O)C(CCSC)NC(=O)OC(C)(C)C)C2CC2C)cc1. The van der Waals surface area contributed by atoms with E-state index >= 15 is 0 Å². The number of hydrogen-bond donors (Lipinski definition) is 2. The van der Waals surface area contributed by atoms with Gasteiger partial charge in [0.2, 0.25) is 11.8 Å². The van der Waals surface area contributed by atoms with E-state index in [1.54, 1.807) is 56.8 Å². The average molecular weight is 532 g/mol. The first kappa shape index (κ1) is 30.0. The first-order valence-corrected chi connectivity index (χ1v) is 13.5. The third kappa shape index (κ3) is 9.01. The highest BCUT2D eigenvalue weighted by atomic mass is 32.2. The van der Waals surface area contributed by atoms with Crippen LogP contribution in [0.15, 0.2) is 24.3 Å². The van der Waals surface area contributed by atoms with Crippen LogP contribution in [0, 0.1) is 18.3 Å². The second-order valence-electron chi connectivity index (χ2n) is 9.97. The summed E-state index contributed by atoms with van der Waals surface area (Å²) in [6.07, 6.45) is 7.75. The molecular formula is C27H37N3O6S. The number of alkyl carbamates (subject to hydrolysis) is 1. The topological polar surface area (TPSA) is 114 Å². The maximum atomic E-state index is 14.1. The lowest BCUT2D eigenvalue weighted by atomic mass is 10.0. The zero-order chi connectivity index (χ0) is 27.8. The number of terminal acetylenes is 1. The van der Waals surface area contributed by atoms with Crippen LogP contribution in [0.5, 0.6) is 0 Å². The average Bonchev–Trinajstić information content (AvgIpc) is 3.57. The van der Waals surface area contributed by atoms with E-state index in [1.165, 1.54) is 12.0 Å².